The number of hydrogen-bond donors (Lipinski definition) is 0. The molecule has 3 aromatic carbocycles. The standard InChI is InChI=1S/C63H63N3S/c1-5-18-46(39-42(2)64-59-29-15-16-30-60(59)67-61-38-35-45-33-36-49(45)62(61)64)52-41-63(3,4)53-40-43(19-17-24-50(52)53)31-32-44-34-37-54(51-23-10-9-22-48(44)51)66-57-27-13-11-25-55(57)65(47-20-7-6-8-21-47)56-26-12-14-28-58(56)66/h5-17,19-32,34,37,40,43,45-46,49,51-52,54-55,57H,1-2,18,33,35-36,38-39,41H2,3-4H3. The van der Waals surface area contributed by atoms with Crippen LogP contribution in [0.15, 0.2) is 239 Å². The highest BCUT2D eigenvalue weighted by molar-refractivity contribution is 8.03. The Kier molecular flexibility index (Phi) is 10.9. The normalized spacial score (nSPS) is 29.7. The molecule has 0 bridgehead atoms. The van der Waals surface area contributed by atoms with Gasteiger partial charge in [-0.3, -0.25) is 0 Å². The van der Waals surface area contributed by atoms with E-state index in [0.717, 1.165) is 25.2 Å². The summed E-state index contributed by atoms with van der Waals surface area (Å²) in [7, 11) is 0. The molecule has 0 radical (unpaired) electrons. The van der Waals surface area contributed by atoms with E-state index >= 15 is 0 Å². The summed E-state index contributed by atoms with van der Waals surface area (Å²) >= 11 is 2.03. The lowest BCUT2D eigenvalue weighted by molar-refractivity contribution is 0.184. The molecule has 9 aliphatic rings. The molecule has 3 nitrogen and oxygen atoms in total. The summed E-state index contributed by atoms with van der Waals surface area (Å²) in [5.41, 5.74) is 13.7. The Morgan fingerprint density at radius 3 is 2.39 bits per heavy atom. The van der Waals surface area contributed by atoms with Crippen molar-refractivity contribution >= 4 is 34.5 Å². The van der Waals surface area contributed by atoms with Gasteiger partial charge in [0.25, 0.3) is 0 Å². The first-order valence-corrected chi connectivity index (χ1v) is 25.9. The molecule has 0 spiro atoms. The lowest BCUT2D eigenvalue weighted by Crippen LogP contribution is -2.58. The predicted octanol–water partition coefficient (Wildman–Crippen LogP) is 15.9. The van der Waals surface area contributed by atoms with Crippen LogP contribution >= 0.6 is 11.8 Å². The fourth-order valence-electron chi connectivity index (χ4n) is 13.4. The van der Waals surface area contributed by atoms with Crippen LogP contribution in [0.3, 0.4) is 0 Å². The number of allylic oxidation sites excluding steroid dienone is 19. The van der Waals surface area contributed by atoms with Gasteiger partial charge in [0.2, 0.25) is 0 Å². The maximum absolute atomic E-state index is 4.95. The quantitative estimate of drug-likeness (QED) is 0.188. The van der Waals surface area contributed by atoms with Gasteiger partial charge in [-0.15, -0.1) is 6.58 Å². The van der Waals surface area contributed by atoms with E-state index in [1.807, 2.05) is 11.8 Å². The van der Waals surface area contributed by atoms with Crippen LogP contribution in [0.5, 0.6) is 0 Å². The second kappa shape index (κ2) is 17.3. The van der Waals surface area contributed by atoms with Gasteiger partial charge in [-0.2, -0.15) is 0 Å². The second-order valence-corrected chi connectivity index (χ2v) is 22.0. The predicted molar refractivity (Wildman–Crippen MR) is 284 cm³/mol. The molecule has 9 unspecified atom stereocenters. The van der Waals surface area contributed by atoms with E-state index < -0.39 is 0 Å². The molecule has 0 N–H and O–H groups in total. The molecule has 2 aliphatic heterocycles. The molecule has 3 aromatic rings. The van der Waals surface area contributed by atoms with Crippen LogP contribution in [0, 0.1) is 40.9 Å². The third-order valence-corrected chi connectivity index (χ3v) is 17.8. The maximum Gasteiger partial charge on any atom is 0.0766 e. The van der Waals surface area contributed by atoms with Gasteiger partial charge in [-0.25, -0.2) is 0 Å². The van der Waals surface area contributed by atoms with E-state index in [9.17, 15) is 0 Å². The minimum atomic E-state index is 0.0608. The maximum atomic E-state index is 4.95. The Bertz CT molecular complexity index is 2850. The summed E-state index contributed by atoms with van der Waals surface area (Å²) in [5.74, 6) is 2.79. The first kappa shape index (κ1) is 42.4. The Hall–Kier alpha value is -5.97. The number of benzene rings is 3. The van der Waals surface area contributed by atoms with E-state index in [4.69, 9.17) is 6.58 Å². The van der Waals surface area contributed by atoms with Gasteiger partial charge in [0.15, 0.2) is 0 Å². The largest absolute Gasteiger partial charge is 0.354 e. The van der Waals surface area contributed by atoms with Gasteiger partial charge in [0.05, 0.1) is 35.2 Å². The van der Waals surface area contributed by atoms with Crippen LogP contribution in [-0.4, -0.2) is 18.1 Å². The summed E-state index contributed by atoms with van der Waals surface area (Å²) in [6.45, 7) is 14.2. The minimum absolute atomic E-state index is 0.0608. The van der Waals surface area contributed by atoms with Crippen molar-refractivity contribution in [1.29, 1.82) is 0 Å². The summed E-state index contributed by atoms with van der Waals surface area (Å²) < 4.78 is 0. The van der Waals surface area contributed by atoms with Gasteiger partial charge in [-0.05, 0) is 127 Å². The molecule has 9 atom stereocenters. The van der Waals surface area contributed by atoms with Crippen molar-refractivity contribution < 1.29 is 0 Å². The SMILES string of the molecule is C=CCC(CC(=C)N1C2=C(CCC3CCC23)Sc2ccccc21)C1CC(C)(C)C2=CC(C=CC3=C4C=CC=CC4C(N4c5ccccc5N(c5ccccc5)C5C=CC=CC54)C=C3)C=CC=C21. The van der Waals surface area contributed by atoms with Crippen LogP contribution < -0.4 is 14.7 Å². The molecule has 336 valence electrons. The molecule has 2 heterocycles. The van der Waals surface area contributed by atoms with Crippen LogP contribution in [0.4, 0.5) is 22.7 Å². The molecule has 67 heavy (non-hydrogen) atoms. The van der Waals surface area contributed by atoms with Crippen LogP contribution in [0.25, 0.3) is 0 Å². The van der Waals surface area contributed by atoms with E-state index in [-0.39, 0.29) is 35.4 Å². The van der Waals surface area contributed by atoms with Crippen molar-refractivity contribution in [2.24, 2.45) is 40.9 Å². The zero-order valence-corrected chi connectivity index (χ0v) is 39.9. The third kappa shape index (κ3) is 7.33. The van der Waals surface area contributed by atoms with Crippen molar-refractivity contribution in [2.75, 3.05) is 14.7 Å². The zero-order chi connectivity index (χ0) is 45.2. The van der Waals surface area contributed by atoms with Crippen LogP contribution in [0.1, 0.15) is 58.8 Å². The fraction of sp³-hybridized carbons (Fsp3) is 0.302. The number of rotatable bonds is 10. The number of thioether (sulfide) groups is 1. The summed E-state index contributed by atoms with van der Waals surface area (Å²) in [6.07, 6.45) is 48.5. The van der Waals surface area contributed by atoms with E-state index in [2.05, 4.69) is 217 Å². The topological polar surface area (TPSA) is 9.72 Å². The average molecular weight is 894 g/mol. The van der Waals surface area contributed by atoms with Gasteiger partial charge in [-0.1, -0.05) is 178 Å². The Morgan fingerprint density at radius 1 is 0.791 bits per heavy atom. The number of anilines is 4. The fourth-order valence-corrected chi connectivity index (χ4v) is 14.6. The minimum Gasteiger partial charge on any atom is -0.354 e. The molecular formula is C63H63N3S. The number of para-hydroxylation sites is 4. The lowest BCUT2D eigenvalue weighted by atomic mass is 9.66. The third-order valence-electron chi connectivity index (χ3n) is 16.6. The molecule has 2 saturated carbocycles. The van der Waals surface area contributed by atoms with Crippen molar-refractivity contribution in [1.82, 2.24) is 0 Å². The Labute approximate surface area is 403 Å². The Morgan fingerprint density at radius 2 is 1.57 bits per heavy atom. The molecule has 4 heteroatoms. The number of fused-ring (bicyclic) bond motifs is 7. The summed E-state index contributed by atoms with van der Waals surface area (Å²) in [4.78, 5) is 10.8. The van der Waals surface area contributed by atoms with Gasteiger partial charge in [0.1, 0.15) is 0 Å². The summed E-state index contributed by atoms with van der Waals surface area (Å²) in [6, 6.07) is 29.5. The van der Waals surface area contributed by atoms with Crippen molar-refractivity contribution in [3.05, 3.63) is 234 Å². The second-order valence-electron chi connectivity index (χ2n) is 20.9. The van der Waals surface area contributed by atoms with Gasteiger partial charge >= 0.3 is 0 Å². The van der Waals surface area contributed by atoms with E-state index in [1.54, 1.807) is 10.6 Å². The van der Waals surface area contributed by atoms with Crippen LogP contribution in [0.2, 0.25) is 0 Å². The smallest absolute Gasteiger partial charge is 0.0766 e. The van der Waals surface area contributed by atoms with Crippen LogP contribution in [-0.2, 0) is 0 Å². The van der Waals surface area contributed by atoms with E-state index in [0.29, 0.717) is 17.8 Å². The van der Waals surface area contributed by atoms with E-state index in [1.165, 1.54) is 81.3 Å². The molecule has 0 saturated heterocycles. The first-order chi connectivity index (χ1) is 32.9. The molecule has 7 aliphatic carbocycles. The van der Waals surface area contributed by atoms with Crippen molar-refractivity contribution in [3.63, 3.8) is 0 Å². The monoisotopic (exact) mass is 893 g/mol. The highest BCUT2D eigenvalue weighted by Crippen LogP contribution is 2.59. The molecule has 12 rings (SSSR count). The van der Waals surface area contributed by atoms with Gasteiger partial charge < -0.3 is 14.7 Å². The molecular weight excluding hydrogens is 831 g/mol. The highest BCUT2D eigenvalue weighted by atomic mass is 32.2. The number of nitrogens with zero attached hydrogens (tertiary/aromatic N) is 3. The number of hydrogen-bond acceptors (Lipinski definition) is 4. The van der Waals surface area contributed by atoms with Crippen molar-refractivity contribution in [2.45, 2.75) is 81.8 Å². The molecule has 0 aromatic heterocycles. The average Bonchev–Trinajstić information content (AvgIpc) is 3.44. The van der Waals surface area contributed by atoms with Crippen molar-refractivity contribution in [3.8, 4) is 0 Å². The molecule has 0 amide bonds. The molecule has 2 fully saturated rings. The lowest BCUT2D eigenvalue weighted by Gasteiger charge is -2.53. The zero-order valence-electron chi connectivity index (χ0n) is 39.1. The summed E-state index contributed by atoms with van der Waals surface area (Å²) in [5, 5.41) is 0. The van der Waals surface area contributed by atoms with Gasteiger partial charge in [0, 0.05) is 44.6 Å². The Balaban J connectivity index is 0.811. The highest BCUT2D eigenvalue weighted by Gasteiger charge is 2.47. The first-order valence-electron chi connectivity index (χ1n) is 25.1.